The van der Waals surface area contributed by atoms with Gasteiger partial charge in [-0.3, -0.25) is 0 Å². The fourth-order valence-corrected chi connectivity index (χ4v) is 2.55. The Bertz CT molecular complexity index is 281. The molecule has 72 valence electrons. The van der Waals surface area contributed by atoms with Crippen LogP contribution in [0.3, 0.4) is 0 Å². The summed E-state index contributed by atoms with van der Waals surface area (Å²) in [6.45, 7) is 6.60. The molecule has 0 spiro atoms. The van der Waals surface area contributed by atoms with Crippen LogP contribution >= 0.6 is 11.8 Å². The average Bonchev–Trinajstić information content (AvgIpc) is 2.04. The summed E-state index contributed by atoms with van der Waals surface area (Å²) in [5.41, 5.74) is 8.06. The lowest BCUT2D eigenvalue weighted by molar-refractivity contribution is 0.786. The van der Waals surface area contributed by atoms with E-state index in [4.69, 9.17) is 5.73 Å². The van der Waals surface area contributed by atoms with E-state index in [1.165, 1.54) is 5.56 Å². The molecule has 1 aromatic rings. The van der Waals surface area contributed by atoms with Crippen molar-refractivity contribution >= 4 is 17.4 Å². The molecule has 0 bridgehead atoms. The van der Waals surface area contributed by atoms with Crippen molar-refractivity contribution in [2.24, 2.45) is 0 Å². The summed E-state index contributed by atoms with van der Waals surface area (Å²) < 4.78 is 0.125. The van der Waals surface area contributed by atoms with Gasteiger partial charge in [0.25, 0.3) is 0 Å². The third-order valence-electron chi connectivity index (χ3n) is 2.11. The van der Waals surface area contributed by atoms with Gasteiger partial charge in [-0.15, -0.1) is 0 Å². The Morgan fingerprint density at radius 3 is 2.46 bits per heavy atom. The zero-order valence-corrected chi connectivity index (χ0v) is 9.32. The first kappa shape index (κ1) is 10.5. The summed E-state index contributed by atoms with van der Waals surface area (Å²) in [5, 5.41) is 0. The molecule has 0 aliphatic carbocycles. The summed E-state index contributed by atoms with van der Waals surface area (Å²) in [7, 11) is 0. The molecule has 0 atom stereocenters. The van der Waals surface area contributed by atoms with Gasteiger partial charge in [0.1, 0.15) is 0 Å². The first-order chi connectivity index (χ1) is 6.08. The molecule has 0 radical (unpaired) electrons. The fraction of sp³-hybridized carbons (Fsp3) is 0.455. The molecule has 0 fully saturated rings. The monoisotopic (exact) mass is 195 g/mol. The van der Waals surface area contributed by atoms with Crippen LogP contribution in [-0.4, -0.2) is 5.75 Å². The van der Waals surface area contributed by atoms with Gasteiger partial charge in [0, 0.05) is 10.4 Å². The predicted molar refractivity (Wildman–Crippen MR) is 62.0 cm³/mol. The maximum absolute atomic E-state index is 5.92. The lowest BCUT2D eigenvalue weighted by Gasteiger charge is -2.25. The maximum atomic E-state index is 5.92. The number of benzene rings is 1. The van der Waals surface area contributed by atoms with Crippen LogP contribution in [0.15, 0.2) is 24.3 Å². The van der Waals surface area contributed by atoms with E-state index in [0.717, 1.165) is 11.4 Å². The number of hydrogen-bond acceptors (Lipinski definition) is 2. The summed E-state index contributed by atoms with van der Waals surface area (Å²) in [4.78, 5) is 0. The van der Waals surface area contributed by atoms with Crippen LogP contribution in [0, 0.1) is 0 Å². The Labute approximate surface area is 84.7 Å². The molecule has 2 heteroatoms. The van der Waals surface area contributed by atoms with Crippen LogP contribution in [0.25, 0.3) is 0 Å². The molecule has 0 amide bonds. The van der Waals surface area contributed by atoms with Gasteiger partial charge in [0.2, 0.25) is 0 Å². The van der Waals surface area contributed by atoms with Crippen molar-refractivity contribution in [3.8, 4) is 0 Å². The maximum Gasteiger partial charge on any atom is 0.0372 e. The third-order valence-corrected chi connectivity index (χ3v) is 3.34. The molecule has 1 nitrogen and oxygen atoms in total. The molecule has 0 aliphatic heterocycles. The quantitative estimate of drug-likeness (QED) is 0.749. The van der Waals surface area contributed by atoms with Crippen LogP contribution in [0.5, 0.6) is 0 Å². The molecular weight excluding hydrogens is 178 g/mol. The van der Waals surface area contributed by atoms with E-state index < -0.39 is 0 Å². The lowest BCUT2D eigenvalue weighted by Crippen LogP contribution is -2.14. The molecule has 0 aromatic heterocycles. The van der Waals surface area contributed by atoms with Crippen molar-refractivity contribution < 1.29 is 0 Å². The highest BCUT2D eigenvalue weighted by Crippen LogP contribution is 2.37. The molecular formula is C11H17NS. The number of rotatable bonds is 3. The number of nitrogens with two attached hydrogens (primary N) is 1. The van der Waals surface area contributed by atoms with E-state index in [0.29, 0.717) is 0 Å². The molecule has 1 rings (SSSR count). The molecule has 0 saturated heterocycles. The zero-order chi connectivity index (χ0) is 9.90. The predicted octanol–water partition coefficient (Wildman–Crippen LogP) is 3.26. The Morgan fingerprint density at radius 2 is 1.92 bits per heavy atom. The lowest BCUT2D eigenvalue weighted by atomic mass is 10.0. The van der Waals surface area contributed by atoms with Gasteiger partial charge < -0.3 is 5.73 Å². The molecule has 0 saturated carbocycles. The highest BCUT2D eigenvalue weighted by molar-refractivity contribution is 8.00. The first-order valence-electron chi connectivity index (χ1n) is 4.57. The van der Waals surface area contributed by atoms with Gasteiger partial charge >= 0.3 is 0 Å². The first-order valence-corrected chi connectivity index (χ1v) is 5.55. The van der Waals surface area contributed by atoms with Crippen LogP contribution in [0.4, 0.5) is 5.69 Å². The molecule has 13 heavy (non-hydrogen) atoms. The second-order valence-corrected chi connectivity index (χ2v) is 5.42. The Balaban J connectivity index is 2.99. The minimum atomic E-state index is 0.125. The van der Waals surface area contributed by atoms with Crippen LogP contribution < -0.4 is 5.73 Å². The summed E-state index contributed by atoms with van der Waals surface area (Å²) in [5.74, 6) is 1.11. The zero-order valence-electron chi connectivity index (χ0n) is 8.50. The highest BCUT2D eigenvalue weighted by atomic mass is 32.2. The second kappa shape index (κ2) is 4.05. The van der Waals surface area contributed by atoms with Crippen molar-refractivity contribution in [1.29, 1.82) is 0 Å². The Hall–Kier alpha value is -0.630. The largest absolute Gasteiger partial charge is 0.398 e. The van der Waals surface area contributed by atoms with E-state index in [1.54, 1.807) is 0 Å². The number of para-hydroxylation sites is 1. The third kappa shape index (κ3) is 2.41. The van der Waals surface area contributed by atoms with Gasteiger partial charge in [-0.2, -0.15) is 11.8 Å². The summed E-state index contributed by atoms with van der Waals surface area (Å²) in [6, 6.07) is 8.10. The average molecular weight is 195 g/mol. The number of anilines is 1. The van der Waals surface area contributed by atoms with Crippen LogP contribution in [0.1, 0.15) is 26.3 Å². The van der Waals surface area contributed by atoms with Gasteiger partial charge in [0.05, 0.1) is 0 Å². The van der Waals surface area contributed by atoms with Gasteiger partial charge in [-0.1, -0.05) is 25.1 Å². The molecule has 1 aromatic carbocycles. The van der Waals surface area contributed by atoms with E-state index in [9.17, 15) is 0 Å². The van der Waals surface area contributed by atoms with Crippen molar-refractivity contribution in [2.75, 3.05) is 11.5 Å². The fourth-order valence-electron chi connectivity index (χ4n) is 1.48. The SMILES string of the molecule is CCSC(C)(C)c1ccccc1N. The molecule has 0 heterocycles. The number of thioether (sulfide) groups is 1. The summed E-state index contributed by atoms with van der Waals surface area (Å²) >= 11 is 1.92. The highest BCUT2D eigenvalue weighted by Gasteiger charge is 2.21. The number of nitrogen functional groups attached to an aromatic ring is 1. The van der Waals surface area contributed by atoms with E-state index in [2.05, 4.69) is 26.8 Å². The topological polar surface area (TPSA) is 26.0 Å². The Morgan fingerprint density at radius 1 is 1.31 bits per heavy atom. The van der Waals surface area contributed by atoms with E-state index >= 15 is 0 Å². The van der Waals surface area contributed by atoms with Gasteiger partial charge in [-0.25, -0.2) is 0 Å². The second-order valence-electron chi connectivity index (χ2n) is 3.53. The van der Waals surface area contributed by atoms with Crippen molar-refractivity contribution in [3.05, 3.63) is 29.8 Å². The smallest absolute Gasteiger partial charge is 0.0372 e. The van der Waals surface area contributed by atoms with Crippen molar-refractivity contribution in [3.63, 3.8) is 0 Å². The van der Waals surface area contributed by atoms with Crippen LogP contribution in [-0.2, 0) is 4.75 Å². The Kier molecular flexibility index (Phi) is 3.26. The van der Waals surface area contributed by atoms with Crippen LogP contribution in [0.2, 0.25) is 0 Å². The van der Waals surface area contributed by atoms with Gasteiger partial charge in [-0.05, 0) is 31.2 Å². The van der Waals surface area contributed by atoms with Crippen molar-refractivity contribution in [2.45, 2.75) is 25.5 Å². The molecule has 0 unspecified atom stereocenters. The minimum Gasteiger partial charge on any atom is -0.398 e. The van der Waals surface area contributed by atoms with E-state index in [-0.39, 0.29) is 4.75 Å². The molecule has 2 N–H and O–H groups in total. The van der Waals surface area contributed by atoms with Gasteiger partial charge in [0.15, 0.2) is 0 Å². The minimum absolute atomic E-state index is 0.125. The van der Waals surface area contributed by atoms with Crippen molar-refractivity contribution in [1.82, 2.24) is 0 Å². The standard InChI is InChI=1S/C11H17NS/c1-4-13-11(2,3)9-7-5-6-8-10(9)12/h5-8H,4,12H2,1-3H3. The summed E-state index contributed by atoms with van der Waals surface area (Å²) in [6.07, 6.45) is 0. The molecule has 0 aliphatic rings. The van der Waals surface area contributed by atoms with E-state index in [1.807, 2.05) is 30.0 Å². The normalized spacial score (nSPS) is 11.6. The number of hydrogen-bond donors (Lipinski definition) is 1.